The molecule has 1 aliphatic rings. The van der Waals surface area contributed by atoms with Crippen LogP contribution in [0, 0.1) is 0 Å². The minimum absolute atomic E-state index is 0.0147. The molecular formula is C17H25ClN2O3S. The number of carbonyl (C=O) groups is 1. The van der Waals surface area contributed by atoms with Crippen molar-refractivity contribution >= 4 is 27.5 Å². The average Bonchev–Trinajstić information content (AvgIpc) is 2.56. The number of hydrogen-bond donors (Lipinski definition) is 1. The van der Waals surface area contributed by atoms with Gasteiger partial charge in [0.2, 0.25) is 10.0 Å². The van der Waals surface area contributed by atoms with E-state index in [2.05, 4.69) is 5.32 Å². The van der Waals surface area contributed by atoms with Crippen LogP contribution >= 0.6 is 11.6 Å². The summed E-state index contributed by atoms with van der Waals surface area (Å²) in [4.78, 5) is 12.5. The van der Waals surface area contributed by atoms with Gasteiger partial charge in [-0.1, -0.05) is 31.4 Å². The molecule has 24 heavy (non-hydrogen) atoms. The molecule has 0 radical (unpaired) electrons. The maximum atomic E-state index is 12.7. The maximum absolute atomic E-state index is 12.7. The van der Waals surface area contributed by atoms with Crippen molar-refractivity contribution in [2.75, 3.05) is 13.1 Å². The molecule has 1 aromatic rings. The van der Waals surface area contributed by atoms with E-state index in [0.29, 0.717) is 13.1 Å². The van der Waals surface area contributed by atoms with Crippen LogP contribution in [0.5, 0.6) is 0 Å². The Kier molecular flexibility index (Phi) is 6.66. The number of benzene rings is 1. The van der Waals surface area contributed by atoms with E-state index < -0.39 is 10.0 Å². The Morgan fingerprint density at radius 3 is 2.58 bits per heavy atom. The highest BCUT2D eigenvalue weighted by atomic mass is 35.5. The molecule has 134 valence electrons. The first-order valence-corrected chi connectivity index (χ1v) is 10.3. The third-order valence-corrected chi connectivity index (χ3v) is 6.46. The normalized spacial score (nSPS) is 17.5. The second-order valence-corrected chi connectivity index (χ2v) is 8.61. The molecule has 1 heterocycles. The lowest BCUT2D eigenvalue weighted by Gasteiger charge is -2.26. The van der Waals surface area contributed by atoms with E-state index in [1.807, 2.05) is 13.8 Å². The van der Waals surface area contributed by atoms with Crippen LogP contribution in [0.3, 0.4) is 0 Å². The van der Waals surface area contributed by atoms with Gasteiger partial charge in [0.25, 0.3) is 5.91 Å². The number of amides is 1. The van der Waals surface area contributed by atoms with Crippen molar-refractivity contribution in [3.05, 3.63) is 28.8 Å². The maximum Gasteiger partial charge on any atom is 0.253 e. The standard InChI is InChI=1S/C17H25ClN2O3S/c1-3-7-13(2)19-17(21)15-12-14(8-9-16(15)18)24(22,23)20-10-5-4-6-11-20/h8-9,12-13H,3-7,10-11H2,1-2H3,(H,19,21)/t13-/m1/s1. The molecule has 1 amide bonds. The highest BCUT2D eigenvalue weighted by Gasteiger charge is 2.27. The van der Waals surface area contributed by atoms with Gasteiger partial charge < -0.3 is 5.32 Å². The Labute approximate surface area is 149 Å². The molecule has 1 atom stereocenters. The molecule has 5 nitrogen and oxygen atoms in total. The Balaban J connectivity index is 2.26. The number of nitrogens with zero attached hydrogens (tertiary/aromatic N) is 1. The zero-order valence-electron chi connectivity index (χ0n) is 14.2. The van der Waals surface area contributed by atoms with Gasteiger partial charge in [-0.05, 0) is 44.4 Å². The van der Waals surface area contributed by atoms with Crippen LogP contribution in [0.2, 0.25) is 5.02 Å². The summed E-state index contributed by atoms with van der Waals surface area (Å²) in [6, 6.07) is 4.36. The van der Waals surface area contributed by atoms with Crippen molar-refractivity contribution in [1.29, 1.82) is 0 Å². The van der Waals surface area contributed by atoms with Crippen LogP contribution in [0.15, 0.2) is 23.1 Å². The monoisotopic (exact) mass is 372 g/mol. The average molecular weight is 373 g/mol. The van der Waals surface area contributed by atoms with Gasteiger partial charge in [-0.2, -0.15) is 4.31 Å². The van der Waals surface area contributed by atoms with Gasteiger partial charge in [-0.15, -0.1) is 0 Å². The van der Waals surface area contributed by atoms with Gasteiger partial charge in [-0.3, -0.25) is 4.79 Å². The summed E-state index contributed by atoms with van der Waals surface area (Å²) < 4.78 is 27.0. The zero-order chi connectivity index (χ0) is 17.7. The number of nitrogens with one attached hydrogen (secondary N) is 1. The molecule has 7 heteroatoms. The topological polar surface area (TPSA) is 66.5 Å². The fourth-order valence-corrected chi connectivity index (χ4v) is 4.65. The fourth-order valence-electron chi connectivity index (χ4n) is 2.90. The van der Waals surface area contributed by atoms with E-state index in [1.165, 1.54) is 22.5 Å². The van der Waals surface area contributed by atoms with Crippen LogP contribution in [-0.4, -0.2) is 37.8 Å². The predicted molar refractivity (Wildman–Crippen MR) is 95.9 cm³/mol. The van der Waals surface area contributed by atoms with Crippen LogP contribution < -0.4 is 5.32 Å². The van der Waals surface area contributed by atoms with Crippen LogP contribution in [0.1, 0.15) is 56.3 Å². The summed E-state index contributed by atoms with van der Waals surface area (Å²) in [6.45, 7) is 5.02. The highest BCUT2D eigenvalue weighted by molar-refractivity contribution is 7.89. The molecule has 1 N–H and O–H groups in total. The van der Waals surface area contributed by atoms with E-state index in [9.17, 15) is 13.2 Å². The second kappa shape index (κ2) is 8.32. The predicted octanol–water partition coefficient (Wildman–Crippen LogP) is 3.43. The van der Waals surface area contributed by atoms with Crippen LogP contribution in [-0.2, 0) is 10.0 Å². The molecule has 0 spiro atoms. The van der Waals surface area contributed by atoms with Gasteiger partial charge >= 0.3 is 0 Å². The molecule has 0 aromatic heterocycles. The van der Waals surface area contributed by atoms with E-state index in [0.717, 1.165) is 32.1 Å². The number of hydrogen-bond acceptors (Lipinski definition) is 3. The Hall–Kier alpha value is -1.11. The van der Waals surface area contributed by atoms with E-state index in [-0.39, 0.29) is 27.4 Å². The number of halogens is 1. The number of carbonyl (C=O) groups excluding carboxylic acids is 1. The van der Waals surface area contributed by atoms with Crippen molar-refractivity contribution in [1.82, 2.24) is 9.62 Å². The summed E-state index contributed by atoms with van der Waals surface area (Å²) in [7, 11) is -3.58. The molecule has 0 unspecified atom stereocenters. The Bertz CT molecular complexity index is 685. The van der Waals surface area contributed by atoms with Crippen LogP contribution in [0.25, 0.3) is 0 Å². The summed E-state index contributed by atoms with van der Waals surface area (Å²) in [5.74, 6) is -0.336. The first kappa shape index (κ1) is 19.2. The van der Waals surface area contributed by atoms with Gasteiger partial charge in [0, 0.05) is 19.1 Å². The third kappa shape index (κ3) is 4.49. The minimum Gasteiger partial charge on any atom is -0.350 e. The minimum atomic E-state index is -3.58. The molecular weight excluding hydrogens is 348 g/mol. The summed E-state index contributed by atoms with van der Waals surface area (Å²) in [5, 5.41) is 3.12. The van der Waals surface area contributed by atoms with Crippen molar-refractivity contribution in [2.45, 2.75) is 56.9 Å². The van der Waals surface area contributed by atoms with Gasteiger partial charge in [0.1, 0.15) is 0 Å². The van der Waals surface area contributed by atoms with Gasteiger partial charge in [0.05, 0.1) is 15.5 Å². The highest BCUT2D eigenvalue weighted by Crippen LogP contribution is 2.25. The third-order valence-electron chi connectivity index (χ3n) is 4.23. The molecule has 1 fully saturated rings. The van der Waals surface area contributed by atoms with Crippen molar-refractivity contribution in [3.8, 4) is 0 Å². The smallest absolute Gasteiger partial charge is 0.253 e. The number of sulfonamides is 1. The van der Waals surface area contributed by atoms with Gasteiger partial charge in [-0.25, -0.2) is 8.42 Å². The van der Waals surface area contributed by atoms with E-state index in [1.54, 1.807) is 0 Å². The lowest BCUT2D eigenvalue weighted by molar-refractivity contribution is 0.0938. The number of rotatable bonds is 6. The van der Waals surface area contributed by atoms with E-state index >= 15 is 0 Å². The molecule has 1 aliphatic heterocycles. The molecule has 0 aliphatic carbocycles. The summed E-state index contributed by atoms with van der Waals surface area (Å²) in [5.41, 5.74) is 0.206. The summed E-state index contributed by atoms with van der Waals surface area (Å²) >= 11 is 6.12. The number of piperidine rings is 1. The van der Waals surface area contributed by atoms with Crippen molar-refractivity contribution in [3.63, 3.8) is 0 Å². The SMILES string of the molecule is CCC[C@@H](C)NC(=O)c1cc(S(=O)(=O)N2CCCCC2)ccc1Cl. The van der Waals surface area contributed by atoms with Crippen molar-refractivity contribution in [2.24, 2.45) is 0 Å². The first-order valence-electron chi connectivity index (χ1n) is 8.47. The Morgan fingerprint density at radius 2 is 1.96 bits per heavy atom. The molecule has 2 rings (SSSR count). The van der Waals surface area contributed by atoms with E-state index in [4.69, 9.17) is 11.6 Å². The zero-order valence-corrected chi connectivity index (χ0v) is 15.8. The lowest BCUT2D eigenvalue weighted by atomic mass is 10.1. The quantitative estimate of drug-likeness (QED) is 0.831. The first-order chi connectivity index (χ1) is 11.4. The summed E-state index contributed by atoms with van der Waals surface area (Å²) in [6.07, 6.45) is 4.60. The molecule has 0 bridgehead atoms. The molecule has 1 aromatic carbocycles. The largest absolute Gasteiger partial charge is 0.350 e. The molecule has 0 saturated carbocycles. The second-order valence-electron chi connectivity index (χ2n) is 6.27. The Morgan fingerprint density at radius 1 is 1.29 bits per heavy atom. The van der Waals surface area contributed by atoms with Gasteiger partial charge in [0.15, 0.2) is 0 Å². The molecule has 1 saturated heterocycles. The van der Waals surface area contributed by atoms with Crippen LogP contribution in [0.4, 0.5) is 0 Å². The fraction of sp³-hybridized carbons (Fsp3) is 0.588. The lowest BCUT2D eigenvalue weighted by Crippen LogP contribution is -2.36. The van der Waals surface area contributed by atoms with Crippen molar-refractivity contribution < 1.29 is 13.2 Å².